The Kier molecular flexibility index (Phi) is 4.11. The molecule has 6 heteroatoms. The topological polar surface area (TPSA) is 66.6 Å². The van der Waals surface area contributed by atoms with Gasteiger partial charge in [0.1, 0.15) is 6.04 Å². The Morgan fingerprint density at radius 3 is 2.89 bits per heavy atom. The van der Waals surface area contributed by atoms with Crippen LogP contribution in [0.1, 0.15) is 10.9 Å². The first-order chi connectivity index (χ1) is 8.63. The van der Waals surface area contributed by atoms with E-state index < -0.39 is 12.1 Å². The van der Waals surface area contributed by atoms with Gasteiger partial charge in [-0.3, -0.25) is 5.21 Å². The van der Waals surface area contributed by atoms with Crippen molar-refractivity contribution in [1.82, 2.24) is 5.06 Å². The number of hydrogen-bond donors (Lipinski definition) is 2. The Bertz CT molecular complexity index is 523. The highest BCUT2D eigenvalue weighted by Crippen LogP contribution is 2.33. The second kappa shape index (κ2) is 5.60. The summed E-state index contributed by atoms with van der Waals surface area (Å²) in [6.07, 6.45) is 1.93. The Hall–Kier alpha value is -1.24. The summed E-state index contributed by atoms with van der Waals surface area (Å²) in [6.45, 7) is 0. The average molecular weight is 282 g/mol. The van der Waals surface area contributed by atoms with Gasteiger partial charge in [0.2, 0.25) is 0 Å². The van der Waals surface area contributed by atoms with Crippen molar-refractivity contribution >= 4 is 39.2 Å². The van der Waals surface area contributed by atoms with Crippen molar-refractivity contribution < 1.29 is 10.0 Å². The fourth-order valence-corrected chi connectivity index (χ4v) is 3.64. The number of carbonyl (C=O) groups excluding carboxylic acids is 1. The van der Waals surface area contributed by atoms with Crippen LogP contribution >= 0.6 is 23.1 Å². The smallest absolute Gasteiger partial charge is 0.339 e. The summed E-state index contributed by atoms with van der Waals surface area (Å²) in [4.78, 5) is 12.0. The fraction of sp³-hybridized carbons (Fsp3) is 0.250. The van der Waals surface area contributed by atoms with E-state index in [-0.39, 0.29) is 0 Å². The maximum absolute atomic E-state index is 11.1. The first kappa shape index (κ1) is 13.2. The van der Waals surface area contributed by atoms with Crippen molar-refractivity contribution in [3.63, 3.8) is 0 Å². The number of hydrogen-bond acceptors (Lipinski definition) is 4. The molecular weight excluding hydrogens is 268 g/mol. The minimum absolute atomic E-state index is 0.394. The molecule has 2 rings (SSSR count). The second-order valence-electron chi connectivity index (χ2n) is 3.84. The molecule has 1 aromatic carbocycles. The number of thioether (sulfide) groups is 1. The minimum Gasteiger partial charge on any atom is -0.350 e. The van der Waals surface area contributed by atoms with E-state index in [1.54, 1.807) is 23.1 Å². The van der Waals surface area contributed by atoms with E-state index in [0.29, 0.717) is 10.8 Å². The molecule has 2 amide bonds. The highest BCUT2D eigenvalue weighted by Gasteiger charge is 2.23. The molecule has 0 saturated carbocycles. The van der Waals surface area contributed by atoms with Crippen molar-refractivity contribution in [3.8, 4) is 0 Å². The SMILES string of the molecule is CSCC(c1cc2ccccc2s1)N(O)C(N)=O. The molecule has 0 aliphatic rings. The first-order valence-corrected chi connectivity index (χ1v) is 7.59. The standard InChI is InChI=1S/C12H14N2O2S2/c1-17-7-9(14(16)12(13)15)11-6-8-4-2-3-5-10(8)18-11/h2-6,9,16H,7H2,1H3,(H2,13,15). The zero-order chi connectivity index (χ0) is 13.1. The summed E-state index contributed by atoms with van der Waals surface area (Å²) in [6, 6.07) is 8.74. The summed E-state index contributed by atoms with van der Waals surface area (Å²) in [7, 11) is 0. The summed E-state index contributed by atoms with van der Waals surface area (Å²) in [5.74, 6) is 0.603. The molecule has 1 aromatic heterocycles. The summed E-state index contributed by atoms with van der Waals surface area (Å²) < 4.78 is 1.14. The molecule has 4 nitrogen and oxygen atoms in total. The molecule has 1 unspecified atom stereocenters. The number of thiophene rings is 1. The van der Waals surface area contributed by atoms with E-state index in [1.807, 2.05) is 36.6 Å². The second-order valence-corrected chi connectivity index (χ2v) is 5.87. The largest absolute Gasteiger partial charge is 0.350 e. The van der Waals surface area contributed by atoms with Crippen LogP contribution in [0.15, 0.2) is 30.3 Å². The lowest BCUT2D eigenvalue weighted by Crippen LogP contribution is -2.36. The highest BCUT2D eigenvalue weighted by molar-refractivity contribution is 7.98. The van der Waals surface area contributed by atoms with Crippen LogP contribution in [0, 0.1) is 0 Å². The third kappa shape index (κ3) is 2.60. The predicted octanol–water partition coefficient (Wildman–Crippen LogP) is 3.08. The molecular formula is C12H14N2O2S2. The number of fused-ring (bicyclic) bond motifs is 1. The molecule has 96 valence electrons. The van der Waals surface area contributed by atoms with Crippen LogP contribution < -0.4 is 5.73 Å². The molecule has 1 heterocycles. The van der Waals surface area contributed by atoms with E-state index in [4.69, 9.17) is 5.73 Å². The number of primary amides is 1. The van der Waals surface area contributed by atoms with Gasteiger partial charge in [-0.2, -0.15) is 16.8 Å². The summed E-state index contributed by atoms with van der Waals surface area (Å²) >= 11 is 3.13. The number of nitrogens with two attached hydrogens (primary N) is 1. The van der Waals surface area contributed by atoms with Gasteiger partial charge in [-0.15, -0.1) is 11.3 Å². The van der Waals surface area contributed by atoms with Gasteiger partial charge in [-0.25, -0.2) is 4.79 Å². The van der Waals surface area contributed by atoms with E-state index in [9.17, 15) is 10.0 Å². The third-order valence-electron chi connectivity index (χ3n) is 2.62. The van der Waals surface area contributed by atoms with Gasteiger partial charge in [-0.05, 0) is 23.8 Å². The first-order valence-electron chi connectivity index (χ1n) is 5.38. The maximum atomic E-state index is 11.1. The third-order valence-corrected chi connectivity index (χ3v) is 4.48. The van der Waals surface area contributed by atoms with E-state index in [2.05, 4.69) is 0 Å². The molecule has 0 saturated heterocycles. The molecule has 2 aromatic rings. The van der Waals surface area contributed by atoms with Gasteiger partial charge in [0.15, 0.2) is 0 Å². The average Bonchev–Trinajstić information content (AvgIpc) is 2.78. The zero-order valence-electron chi connectivity index (χ0n) is 9.87. The number of benzene rings is 1. The monoisotopic (exact) mass is 282 g/mol. The van der Waals surface area contributed by atoms with E-state index in [0.717, 1.165) is 15.0 Å². The molecule has 0 radical (unpaired) electrons. The number of nitrogens with zero attached hydrogens (tertiary/aromatic N) is 1. The lowest BCUT2D eigenvalue weighted by atomic mass is 10.2. The Labute approximate surface area is 113 Å². The van der Waals surface area contributed by atoms with Crippen LogP contribution in [0.2, 0.25) is 0 Å². The zero-order valence-corrected chi connectivity index (χ0v) is 11.5. The van der Waals surface area contributed by atoms with Crippen LogP contribution in [0.5, 0.6) is 0 Å². The fourth-order valence-electron chi connectivity index (χ4n) is 1.75. The molecule has 0 fully saturated rings. The normalized spacial score (nSPS) is 12.6. The number of rotatable bonds is 4. The molecule has 0 bridgehead atoms. The lowest BCUT2D eigenvalue weighted by molar-refractivity contribution is -0.0685. The van der Waals surface area contributed by atoms with Crippen LogP contribution in [-0.2, 0) is 0 Å². The van der Waals surface area contributed by atoms with Crippen LogP contribution in [0.3, 0.4) is 0 Å². The van der Waals surface area contributed by atoms with Crippen LogP contribution in [0.25, 0.3) is 10.1 Å². The van der Waals surface area contributed by atoms with Gasteiger partial charge in [0, 0.05) is 15.3 Å². The number of hydroxylamine groups is 2. The van der Waals surface area contributed by atoms with Crippen molar-refractivity contribution in [2.45, 2.75) is 6.04 Å². The van der Waals surface area contributed by atoms with Gasteiger partial charge in [0.25, 0.3) is 0 Å². The van der Waals surface area contributed by atoms with E-state index in [1.165, 1.54) is 0 Å². The Balaban J connectivity index is 2.38. The summed E-state index contributed by atoms with van der Waals surface area (Å²) in [5, 5.41) is 11.5. The molecule has 0 aliphatic carbocycles. The predicted molar refractivity (Wildman–Crippen MR) is 76.2 cm³/mol. The molecule has 18 heavy (non-hydrogen) atoms. The van der Waals surface area contributed by atoms with Gasteiger partial charge >= 0.3 is 6.03 Å². The number of carbonyl (C=O) groups is 1. The molecule has 0 aliphatic heterocycles. The van der Waals surface area contributed by atoms with Gasteiger partial charge < -0.3 is 5.73 Å². The van der Waals surface area contributed by atoms with E-state index >= 15 is 0 Å². The lowest BCUT2D eigenvalue weighted by Gasteiger charge is -2.22. The van der Waals surface area contributed by atoms with Crippen molar-refractivity contribution in [2.75, 3.05) is 12.0 Å². The molecule has 3 N–H and O–H groups in total. The summed E-state index contributed by atoms with van der Waals surface area (Å²) in [5.41, 5.74) is 5.13. The maximum Gasteiger partial charge on any atom is 0.339 e. The minimum atomic E-state index is -0.827. The Morgan fingerprint density at radius 2 is 2.28 bits per heavy atom. The van der Waals surface area contributed by atoms with Gasteiger partial charge in [0.05, 0.1) is 0 Å². The molecule has 0 spiro atoms. The van der Waals surface area contributed by atoms with Crippen LogP contribution in [-0.4, -0.2) is 28.3 Å². The van der Waals surface area contributed by atoms with Gasteiger partial charge in [-0.1, -0.05) is 18.2 Å². The molecule has 1 atom stereocenters. The number of amides is 2. The highest BCUT2D eigenvalue weighted by atomic mass is 32.2. The van der Waals surface area contributed by atoms with Crippen molar-refractivity contribution in [3.05, 3.63) is 35.2 Å². The Morgan fingerprint density at radius 1 is 1.56 bits per heavy atom. The van der Waals surface area contributed by atoms with Crippen LogP contribution in [0.4, 0.5) is 4.79 Å². The number of urea groups is 1. The van der Waals surface area contributed by atoms with Crippen molar-refractivity contribution in [1.29, 1.82) is 0 Å². The van der Waals surface area contributed by atoms with Crippen molar-refractivity contribution in [2.24, 2.45) is 5.73 Å². The quantitative estimate of drug-likeness (QED) is 0.669.